The Morgan fingerprint density at radius 3 is 2.27 bits per heavy atom. The number of amides is 2. The zero-order valence-electron chi connectivity index (χ0n) is 22.3. The number of ether oxygens (including phenoxy) is 1. The fraction of sp³-hybridized carbons (Fsp3) is 0.483. The summed E-state index contributed by atoms with van der Waals surface area (Å²) >= 11 is 0. The number of carbonyl (C=O) groups is 3. The molecule has 8 nitrogen and oxygen atoms in total. The van der Waals surface area contributed by atoms with Crippen molar-refractivity contribution in [3.8, 4) is 11.1 Å². The highest BCUT2D eigenvalue weighted by atomic mass is 16.6. The number of piperazine rings is 1. The molecule has 3 rings (SSSR count). The maximum absolute atomic E-state index is 12.5. The molecule has 1 atom stereocenters. The van der Waals surface area contributed by atoms with Crippen molar-refractivity contribution in [1.82, 2.24) is 15.1 Å². The van der Waals surface area contributed by atoms with Crippen LogP contribution >= 0.6 is 0 Å². The first-order valence-electron chi connectivity index (χ1n) is 12.9. The first-order valence-corrected chi connectivity index (χ1v) is 12.9. The average molecular weight is 510 g/mol. The van der Waals surface area contributed by atoms with Crippen molar-refractivity contribution in [2.75, 3.05) is 19.6 Å². The maximum Gasteiger partial charge on any atom is 0.410 e. The first kappa shape index (κ1) is 28.2. The molecule has 8 heteroatoms. The maximum atomic E-state index is 12.5. The molecule has 1 aliphatic rings. The molecular formula is C29H39N3O5. The van der Waals surface area contributed by atoms with E-state index in [1.54, 1.807) is 0 Å². The van der Waals surface area contributed by atoms with Crippen LogP contribution in [-0.4, -0.2) is 64.2 Å². The fourth-order valence-corrected chi connectivity index (χ4v) is 4.43. The smallest absolute Gasteiger partial charge is 0.410 e. The van der Waals surface area contributed by atoms with Gasteiger partial charge in [-0.05, 0) is 68.5 Å². The molecule has 200 valence electrons. The molecule has 0 spiro atoms. The molecular weight excluding hydrogens is 470 g/mol. The monoisotopic (exact) mass is 509 g/mol. The molecule has 1 saturated heterocycles. The third-order valence-electron chi connectivity index (χ3n) is 6.22. The summed E-state index contributed by atoms with van der Waals surface area (Å²) in [5.41, 5.74) is 3.86. The van der Waals surface area contributed by atoms with Gasteiger partial charge in [0.25, 0.3) is 0 Å². The van der Waals surface area contributed by atoms with Crippen LogP contribution in [0.3, 0.4) is 0 Å². The number of nitrogens with zero attached hydrogens (tertiary/aromatic N) is 2. The highest BCUT2D eigenvalue weighted by Gasteiger charge is 2.30. The van der Waals surface area contributed by atoms with Crippen LogP contribution in [0.15, 0.2) is 48.5 Å². The van der Waals surface area contributed by atoms with E-state index in [0.29, 0.717) is 19.5 Å². The van der Waals surface area contributed by atoms with Crippen molar-refractivity contribution in [3.63, 3.8) is 0 Å². The summed E-state index contributed by atoms with van der Waals surface area (Å²) in [7, 11) is 0. The summed E-state index contributed by atoms with van der Waals surface area (Å²) in [5, 5.41) is 11.6. The van der Waals surface area contributed by atoms with Crippen LogP contribution in [-0.2, 0) is 27.4 Å². The van der Waals surface area contributed by atoms with E-state index >= 15 is 0 Å². The Morgan fingerprint density at radius 2 is 1.65 bits per heavy atom. The molecule has 0 bridgehead atoms. The van der Waals surface area contributed by atoms with Crippen LogP contribution in [0.5, 0.6) is 0 Å². The lowest BCUT2D eigenvalue weighted by molar-refractivity contribution is -0.137. The number of carboxylic acid groups (broad SMARTS) is 1. The van der Waals surface area contributed by atoms with Gasteiger partial charge in [0.15, 0.2) is 0 Å². The third kappa shape index (κ3) is 9.21. The zero-order valence-corrected chi connectivity index (χ0v) is 22.3. The van der Waals surface area contributed by atoms with E-state index in [4.69, 9.17) is 9.84 Å². The molecule has 2 amide bonds. The van der Waals surface area contributed by atoms with Crippen LogP contribution in [0.25, 0.3) is 11.1 Å². The Labute approximate surface area is 219 Å². The second-order valence-corrected chi connectivity index (χ2v) is 10.7. The zero-order chi connectivity index (χ0) is 27.0. The summed E-state index contributed by atoms with van der Waals surface area (Å²) in [6.45, 7) is 11.1. The molecule has 37 heavy (non-hydrogen) atoms. The molecule has 1 fully saturated rings. The molecule has 0 aliphatic carbocycles. The standard InChI is InChI=1S/C29H39N3O5/c1-21-19-31(14-15-32(21)28(36)37-29(2,3)4)20-23-9-6-11-25(17-23)24-10-5-8-22(16-24)18-30-26(33)12-7-13-27(34)35/h5-6,8-11,16-17,21H,7,12-15,18-20H2,1-4H3,(H,30,33)(H,34,35)/t21-/m0/s1. The highest BCUT2D eigenvalue weighted by molar-refractivity contribution is 5.76. The van der Waals surface area contributed by atoms with Gasteiger partial charge in [-0.15, -0.1) is 0 Å². The van der Waals surface area contributed by atoms with E-state index in [1.165, 1.54) is 5.56 Å². The van der Waals surface area contributed by atoms with E-state index in [-0.39, 0.29) is 30.9 Å². The van der Waals surface area contributed by atoms with Crippen LogP contribution in [0.2, 0.25) is 0 Å². The summed E-state index contributed by atoms with van der Waals surface area (Å²) in [4.78, 5) is 39.3. The SMILES string of the molecule is C[C@H]1CN(Cc2cccc(-c3cccc(CNC(=O)CCCC(=O)O)c3)c2)CCN1C(=O)OC(C)(C)C. The second kappa shape index (κ2) is 12.7. The van der Waals surface area contributed by atoms with Crippen molar-refractivity contribution in [2.24, 2.45) is 0 Å². The van der Waals surface area contributed by atoms with Gasteiger partial charge in [0.1, 0.15) is 5.60 Å². The van der Waals surface area contributed by atoms with Crippen LogP contribution in [0.1, 0.15) is 58.1 Å². The van der Waals surface area contributed by atoms with Crippen molar-refractivity contribution in [1.29, 1.82) is 0 Å². The number of rotatable bonds is 9. The quantitative estimate of drug-likeness (QED) is 0.510. The molecule has 1 heterocycles. The van der Waals surface area contributed by atoms with Gasteiger partial charge in [-0.3, -0.25) is 14.5 Å². The van der Waals surface area contributed by atoms with Gasteiger partial charge >= 0.3 is 12.1 Å². The number of hydrogen-bond acceptors (Lipinski definition) is 5. The van der Waals surface area contributed by atoms with E-state index < -0.39 is 11.6 Å². The van der Waals surface area contributed by atoms with Crippen molar-refractivity contribution in [2.45, 2.75) is 71.7 Å². The Balaban J connectivity index is 1.56. The average Bonchev–Trinajstić information content (AvgIpc) is 2.82. The lowest BCUT2D eigenvalue weighted by Gasteiger charge is -2.40. The predicted molar refractivity (Wildman–Crippen MR) is 143 cm³/mol. The number of nitrogens with one attached hydrogen (secondary N) is 1. The van der Waals surface area contributed by atoms with E-state index in [0.717, 1.165) is 36.3 Å². The molecule has 2 aromatic rings. The summed E-state index contributed by atoms with van der Waals surface area (Å²) < 4.78 is 5.56. The van der Waals surface area contributed by atoms with Gasteiger partial charge in [0.2, 0.25) is 5.91 Å². The number of hydrogen-bond donors (Lipinski definition) is 2. The van der Waals surface area contributed by atoms with Crippen molar-refractivity contribution < 1.29 is 24.2 Å². The van der Waals surface area contributed by atoms with Gasteiger partial charge < -0.3 is 20.1 Å². The lowest BCUT2D eigenvalue weighted by Crippen LogP contribution is -2.54. The van der Waals surface area contributed by atoms with E-state index in [9.17, 15) is 14.4 Å². The van der Waals surface area contributed by atoms with Gasteiger partial charge in [-0.25, -0.2) is 4.79 Å². The molecule has 2 aromatic carbocycles. The first-order chi connectivity index (χ1) is 17.5. The summed E-state index contributed by atoms with van der Waals surface area (Å²) in [6.07, 6.45) is 0.289. The molecule has 2 N–H and O–H groups in total. The largest absolute Gasteiger partial charge is 0.481 e. The molecule has 0 radical (unpaired) electrons. The topological polar surface area (TPSA) is 99.2 Å². The van der Waals surface area contributed by atoms with Crippen LogP contribution in [0.4, 0.5) is 4.79 Å². The van der Waals surface area contributed by atoms with Crippen molar-refractivity contribution >= 4 is 18.0 Å². The van der Waals surface area contributed by atoms with Crippen molar-refractivity contribution in [3.05, 3.63) is 59.7 Å². The fourth-order valence-electron chi connectivity index (χ4n) is 4.43. The predicted octanol–water partition coefficient (Wildman–Crippen LogP) is 4.67. The number of aliphatic carboxylic acids is 1. The van der Waals surface area contributed by atoms with Gasteiger partial charge in [-0.1, -0.05) is 36.4 Å². The highest BCUT2D eigenvalue weighted by Crippen LogP contribution is 2.23. The number of carbonyl (C=O) groups excluding carboxylic acids is 2. The van der Waals surface area contributed by atoms with Gasteiger partial charge in [-0.2, -0.15) is 0 Å². The van der Waals surface area contributed by atoms with Gasteiger partial charge in [0.05, 0.1) is 0 Å². The van der Waals surface area contributed by atoms with Crippen LogP contribution in [0, 0.1) is 0 Å². The summed E-state index contributed by atoms with van der Waals surface area (Å²) in [5.74, 6) is -1.03. The van der Waals surface area contributed by atoms with E-state index in [1.807, 2.05) is 37.8 Å². The molecule has 1 aliphatic heterocycles. The summed E-state index contributed by atoms with van der Waals surface area (Å²) in [6, 6.07) is 16.6. The lowest BCUT2D eigenvalue weighted by atomic mass is 10.0. The van der Waals surface area contributed by atoms with Crippen LogP contribution < -0.4 is 5.32 Å². The number of carboxylic acids is 1. The van der Waals surface area contributed by atoms with E-state index in [2.05, 4.69) is 53.5 Å². The Hall–Kier alpha value is -3.39. The minimum absolute atomic E-state index is 0.00240. The molecule has 0 saturated carbocycles. The normalized spacial score (nSPS) is 16.3. The minimum atomic E-state index is -0.889. The minimum Gasteiger partial charge on any atom is -0.481 e. The third-order valence-corrected chi connectivity index (χ3v) is 6.22. The number of benzene rings is 2. The Kier molecular flexibility index (Phi) is 9.69. The Morgan fingerprint density at radius 1 is 1.00 bits per heavy atom. The molecule has 0 aromatic heterocycles. The molecule has 0 unspecified atom stereocenters. The van der Waals surface area contributed by atoms with Gasteiger partial charge in [0, 0.05) is 51.6 Å². The Bertz CT molecular complexity index is 1090. The second-order valence-electron chi connectivity index (χ2n) is 10.7.